The summed E-state index contributed by atoms with van der Waals surface area (Å²) in [6.45, 7) is 2.11. The van der Waals surface area contributed by atoms with Gasteiger partial charge in [-0.2, -0.15) is 0 Å². The lowest BCUT2D eigenvalue weighted by atomic mass is 10.1. The van der Waals surface area contributed by atoms with Crippen molar-refractivity contribution >= 4 is 5.97 Å². The molecule has 0 aliphatic heterocycles. The van der Waals surface area contributed by atoms with Gasteiger partial charge in [-0.3, -0.25) is 0 Å². The predicted molar refractivity (Wildman–Crippen MR) is 59.5 cm³/mol. The molecule has 0 unspecified atom stereocenters. The van der Waals surface area contributed by atoms with Crippen molar-refractivity contribution in [2.45, 2.75) is 39.0 Å². The maximum absolute atomic E-state index is 10.2. The lowest BCUT2D eigenvalue weighted by molar-refractivity contribution is -0.678. The SMILES string of the molecule is Cc1c(CCCCCC(=O)[O-])ccc[n+]1C. The number of aromatic nitrogens is 1. The molecule has 0 aromatic carbocycles. The molecule has 0 saturated carbocycles. The summed E-state index contributed by atoms with van der Waals surface area (Å²) in [5.74, 6) is -0.942. The van der Waals surface area contributed by atoms with E-state index in [0.717, 1.165) is 25.7 Å². The summed E-state index contributed by atoms with van der Waals surface area (Å²) < 4.78 is 2.11. The molecule has 3 heteroatoms. The first-order chi connectivity index (χ1) is 7.61. The van der Waals surface area contributed by atoms with Crippen LogP contribution in [0.4, 0.5) is 0 Å². The van der Waals surface area contributed by atoms with Crippen LogP contribution in [0.25, 0.3) is 0 Å². The second-order valence-electron chi connectivity index (χ2n) is 4.16. The van der Waals surface area contributed by atoms with Gasteiger partial charge in [0, 0.05) is 24.5 Å². The van der Waals surface area contributed by atoms with E-state index >= 15 is 0 Å². The zero-order valence-electron chi connectivity index (χ0n) is 10.0. The summed E-state index contributed by atoms with van der Waals surface area (Å²) in [6.07, 6.45) is 5.95. The van der Waals surface area contributed by atoms with Crippen molar-refractivity contribution in [1.29, 1.82) is 0 Å². The Hall–Kier alpha value is -1.38. The molecule has 1 aromatic heterocycles. The van der Waals surface area contributed by atoms with Gasteiger partial charge in [0.1, 0.15) is 7.05 Å². The number of hydrogen-bond donors (Lipinski definition) is 0. The minimum absolute atomic E-state index is 0.182. The van der Waals surface area contributed by atoms with Gasteiger partial charge in [0.2, 0.25) is 0 Å². The highest BCUT2D eigenvalue weighted by atomic mass is 16.4. The Labute approximate surface area is 96.7 Å². The lowest BCUT2D eigenvalue weighted by Crippen LogP contribution is -2.32. The maximum atomic E-state index is 10.2. The summed E-state index contributed by atoms with van der Waals surface area (Å²) in [5, 5.41) is 10.2. The molecule has 1 aromatic rings. The number of rotatable bonds is 6. The third kappa shape index (κ3) is 4.01. The first-order valence-electron chi connectivity index (χ1n) is 5.75. The van der Waals surface area contributed by atoms with Crippen LogP contribution in [-0.2, 0) is 18.3 Å². The average molecular weight is 221 g/mol. The van der Waals surface area contributed by atoms with Crippen molar-refractivity contribution in [3.05, 3.63) is 29.6 Å². The number of carboxylic acids is 1. The van der Waals surface area contributed by atoms with Crippen LogP contribution in [-0.4, -0.2) is 5.97 Å². The molecule has 1 rings (SSSR count). The Morgan fingerprint density at radius 2 is 2.12 bits per heavy atom. The van der Waals surface area contributed by atoms with E-state index in [1.54, 1.807) is 0 Å². The number of aliphatic carboxylic acids is 1. The number of carbonyl (C=O) groups is 1. The zero-order valence-corrected chi connectivity index (χ0v) is 10.0. The molecule has 88 valence electrons. The molecule has 1 heterocycles. The van der Waals surface area contributed by atoms with Crippen LogP contribution in [0, 0.1) is 6.92 Å². The van der Waals surface area contributed by atoms with Gasteiger partial charge in [0.15, 0.2) is 11.9 Å². The Balaban J connectivity index is 2.32. The normalized spacial score (nSPS) is 10.4. The van der Waals surface area contributed by atoms with E-state index < -0.39 is 5.97 Å². The van der Waals surface area contributed by atoms with Gasteiger partial charge in [-0.05, 0) is 31.7 Å². The van der Waals surface area contributed by atoms with Crippen LogP contribution in [0.3, 0.4) is 0 Å². The van der Waals surface area contributed by atoms with Crippen LogP contribution in [0.1, 0.15) is 36.9 Å². The minimum atomic E-state index is -0.942. The maximum Gasteiger partial charge on any atom is 0.181 e. The third-order valence-electron chi connectivity index (χ3n) is 2.93. The van der Waals surface area contributed by atoms with E-state index in [-0.39, 0.29) is 6.42 Å². The van der Waals surface area contributed by atoms with Crippen molar-refractivity contribution in [2.75, 3.05) is 0 Å². The Kier molecular flexibility index (Phi) is 4.96. The van der Waals surface area contributed by atoms with E-state index in [0.29, 0.717) is 0 Å². The first-order valence-corrected chi connectivity index (χ1v) is 5.75. The van der Waals surface area contributed by atoms with Crippen molar-refractivity contribution < 1.29 is 14.5 Å². The molecule has 16 heavy (non-hydrogen) atoms. The van der Waals surface area contributed by atoms with E-state index in [1.165, 1.54) is 11.3 Å². The fraction of sp³-hybridized carbons (Fsp3) is 0.538. The topological polar surface area (TPSA) is 44.0 Å². The van der Waals surface area contributed by atoms with Crippen molar-refractivity contribution in [2.24, 2.45) is 7.05 Å². The van der Waals surface area contributed by atoms with Gasteiger partial charge < -0.3 is 9.90 Å². The first kappa shape index (κ1) is 12.7. The Morgan fingerprint density at radius 1 is 1.38 bits per heavy atom. The van der Waals surface area contributed by atoms with Gasteiger partial charge in [-0.25, -0.2) is 4.57 Å². The third-order valence-corrected chi connectivity index (χ3v) is 2.93. The molecule has 0 fully saturated rings. The number of unbranched alkanes of at least 4 members (excludes halogenated alkanes) is 2. The fourth-order valence-electron chi connectivity index (χ4n) is 1.77. The molecule has 0 aliphatic carbocycles. The highest BCUT2D eigenvalue weighted by molar-refractivity contribution is 5.64. The molecule has 0 aliphatic rings. The molecule has 0 spiro atoms. The second-order valence-corrected chi connectivity index (χ2v) is 4.16. The Bertz CT molecular complexity index is 361. The smallest absolute Gasteiger partial charge is 0.181 e. The molecule has 0 bridgehead atoms. The quantitative estimate of drug-likeness (QED) is 0.523. The molecular weight excluding hydrogens is 202 g/mol. The monoisotopic (exact) mass is 221 g/mol. The van der Waals surface area contributed by atoms with Crippen molar-refractivity contribution in [3.8, 4) is 0 Å². The van der Waals surface area contributed by atoms with E-state index in [1.807, 2.05) is 19.3 Å². The molecule has 0 N–H and O–H groups in total. The average Bonchev–Trinajstić information content (AvgIpc) is 2.23. The van der Waals surface area contributed by atoms with Gasteiger partial charge in [-0.1, -0.05) is 6.42 Å². The van der Waals surface area contributed by atoms with Crippen LogP contribution in [0.15, 0.2) is 18.3 Å². The second kappa shape index (κ2) is 6.26. The molecule has 0 amide bonds. The molecule has 3 nitrogen and oxygen atoms in total. The summed E-state index contributed by atoms with van der Waals surface area (Å²) in [4.78, 5) is 10.2. The summed E-state index contributed by atoms with van der Waals surface area (Å²) in [5.41, 5.74) is 2.63. The largest absolute Gasteiger partial charge is 0.550 e. The van der Waals surface area contributed by atoms with Crippen LogP contribution in [0.2, 0.25) is 0 Å². The van der Waals surface area contributed by atoms with E-state index in [2.05, 4.69) is 17.6 Å². The van der Waals surface area contributed by atoms with Crippen LogP contribution in [0.5, 0.6) is 0 Å². The van der Waals surface area contributed by atoms with Crippen molar-refractivity contribution in [1.82, 2.24) is 0 Å². The van der Waals surface area contributed by atoms with Crippen molar-refractivity contribution in [3.63, 3.8) is 0 Å². The van der Waals surface area contributed by atoms with Crippen LogP contribution >= 0.6 is 0 Å². The summed E-state index contributed by atoms with van der Waals surface area (Å²) >= 11 is 0. The standard InChI is InChI=1S/C13H19NO2/c1-11-12(8-6-10-14(11)2)7-4-3-5-9-13(15)16/h6,8,10H,3-5,7,9H2,1-2H3. The Morgan fingerprint density at radius 3 is 2.81 bits per heavy atom. The fourth-order valence-corrected chi connectivity index (χ4v) is 1.77. The molecule has 0 saturated heterocycles. The molecule has 0 atom stereocenters. The number of hydrogen-bond acceptors (Lipinski definition) is 2. The number of carbonyl (C=O) groups excluding carboxylic acids is 1. The molecule has 0 radical (unpaired) electrons. The zero-order chi connectivity index (χ0) is 12.0. The molecular formula is C13H19NO2. The van der Waals surface area contributed by atoms with E-state index in [9.17, 15) is 9.90 Å². The summed E-state index contributed by atoms with van der Waals surface area (Å²) in [6, 6.07) is 4.18. The van der Waals surface area contributed by atoms with Gasteiger partial charge in [0.05, 0.1) is 0 Å². The number of aryl methyl sites for hydroxylation is 2. The van der Waals surface area contributed by atoms with Gasteiger partial charge in [-0.15, -0.1) is 0 Å². The lowest BCUT2D eigenvalue weighted by Gasteiger charge is -2.04. The van der Waals surface area contributed by atoms with Gasteiger partial charge >= 0.3 is 0 Å². The van der Waals surface area contributed by atoms with Gasteiger partial charge in [0.25, 0.3) is 0 Å². The van der Waals surface area contributed by atoms with E-state index in [4.69, 9.17) is 0 Å². The van der Waals surface area contributed by atoms with Crippen LogP contribution < -0.4 is 9.67 Å². The highest BCUT2D eigenvalue weighted by Crippen LogP contribution is 2.09. The number of pyridine rings is 1. The summed E-state index contributed by atoms with van der Waals surface area (Å²) in [7, 11) is 2.04. The predicted octanol–water partition coefficient (Wildman–Crippen LogP) is 0.672. The minimum Gasteiger partial charge on any atom is -0.550 e. The highest BCUT2D eigenvalue weighted by Gasteiger charge is 2.06. The number of nitrogens with zero attached hydrogens (tertiary/aromatic N) is 1. The number of carboxylic acid groups (broad SMARTS) is 1.